The Kier molecular flexibility index (Phi) is 5.03. The van der Waals surface area contributed by atoms with Crippen molar-refractivity contribution in [3.63, 3.8) is 0 Å². The van der Waals surface area contributed by atoms with E-state index in [0.717, 1.165) is 35.3 Å². The van der Waals surface area contributed by atoms with E-state index in [2.05, 4.69) is 20.8 Å². The zero-order valence-electron chi connectivity index (χ0n) is 18.5. The zero-order valence-corrected chi connectivity index (χ0v) is 18.5. The van der Waals surface area contributed by atoms with Crippen molar-refractivity contribution in [1.82, 2.24) is 19.7 Å². The van der Waals surface area contributed by atoms with E-state index in [4.69, 9.17) is 10.1 Å². The van der Waals surface area contributed by atoms with Crippen molar-refractivity contribution in [2.45, 2.75) is 58.5 Å². The van der Waals surface area contributed by atoms with Crippen LogP contribution < -0.4 is 0 Å². The summed E-state index contributed by atoms with van der Waals surface area (Å²) in [5.74, 6) is 0.184. The predicted molar refractivity (Wildman–Crippen MR) is 118 cm³/mol. The number of carbonyl (C=O) groups excluding carboxylic acids is 1. The largest absolute Gasteiger partial charge is 0.337 e. The van der Waals surface area contributed by atoms with Crippen LogP contribution in [0.15, 0.2) is 30.3 Å². The number of nitro groups is 1. The Labute approximate surface area is 181 Å². The topological polar surface area (TPSA) is 94.2 Å². The van der Waals surface area contributed by atoms with Gasteiger partial charge in [0.05, 0.1) is 33.7 Å². The number of rotatable bonds is 5. The Bertz CT molecular complexity index is 1190. The van der Waals surface area contributed by atoms with Gasteiger partial charge in [0, 0.05) is 30.3 Å². The third kappa shape index (κ3) is 3.89. The Hall–Kier alpha value is -3.29. The van der Waals surface area contributed by atoms with Crippen molar-refractivity contribution in [3.05, 3.63) is 63.0 Å². The maximum absolute atomic E-state index is 13.5. The fourth-order valence-corrected chi connectivity index (χ4v) is 3.89. The summed E-state index contributed by atoms with van der Waals surface area (Å²) in [6.45, 7) is 8.22. The van der Waals surface area contributed by atoms with Crippen molar-refractivity contribution in [2.24, 2.45) is 0 Å². The van der Waals surface area contributed by atoms with Crippen LogP contribution in [-0.2, 0) is 12.1 Å². The average Bonchev–Trinajstić information content (AvgIpc) is 3.50. The Morgan fingerprint density at radius 3 is 2.58 bits per heavy atom. The summed E-state index contributed by atoms with van der Waals surface area (Å²) in [4.78, 5) is 30.9. The van der Waals surface area contributed by atoms with Crippen LogP contribution in [0.4, 0.5) is 5.69 Å². The number of amides is 1. The molecule has 2 heterocycles. The molecular formula is C23H27N5O3. The minimum absolute atomic E-state index is 0.0115. The molecule has 1 amide bonds. The highest BCUT2D eigenvalue weighted by molar-refractivity contribution is 6.06. The number of nitrogens with zero attached hydrogens (tertiary/aromatic N) is 5. The molecule has 1 fully saturated rings. The maximum atomic E-state index is 13.5. The second-order valence-corrected chi connectivity index (χ2v) is 9.28. The molecule has 3 aromatic rings. The van der Waals surface area contributed by atoms with E-state index in [0.29, 0.717) is 17.0 Å². The van der Waals surface area contributed by atoms with Gasteiger partial charge < -0.3 is 4.90 Å². The number of aromatic nitrogens is 3. The van der Waals surface area contributed by atoms with Crippen molar-refractivity contribution < 1.29 is 9.72 Å². The predicted octanol–water partition coefficient (Wildman–Crippen LogP) is 4.55. The smallest absolute Gasteiger partial charge is 0.274 e. The highest BCUT2D eigenvalue weighted by Gasteiger charge is 2.31. The molecule has 0 radical (unpaired) electrons. The van der Waals surface area contributed by atoms with Gasteiger partial charge in [-0.15, -0.1) is 0 Å². The standard InChI is InChI=1S/C23H27N5O3/c1-14-20-17(22(29)26(5)13-16-8-6-7-9-19(16)28(30)31)12-18(15-10-11-15)24-21(20)27(25-14)23(2,3)4/h6-9,12,15H,10-11,13H2,1-5H3. The molecule has 1 aliphatic carbocycles. The Morgan fingerprint density at radius 1 is 1.29 bits per heavy atom. The Balaban J connectivity index is 1.79. The number of benzene rings is 1. The van der Waals surface area contributed by atoms with Gasteiger partial charge in [-0.3, -0.25) is 14.9 Å². The molecule has 0 spiro atoms. The molecule has 0 bridgehead atoms. The summed E-state index contributed by atoms with van der Waals surface area (Å²) in [5.41, 5.74) is 3.18. The first-order valence-electron chi connectivity index (χ1n) is 10.5. The lowest BCUT2D eigenvalue weighted by molar-refractivity contribution is -0.385. The van der Waals surface area contributed by atoms with Crippen LogP contribution in [0.5, 0.6) is 0 Å². The quantitative estimate of drug-likeness (QED) is 0.445. The van der Waals surface area contributed by atoms with E-state index >= 15 is 0 Å². The lowest BCUT2D eigenvalue weighted by Crippen LogP contribution is -2.27. The molecule has 1 saturated carbocycles. The lowest BCUT2D eigenvalue weighted by Gasteiger charge is -2.21. The highest BCUT2D eigenvalue weighted by atomic mass is 16.6. The van der Waals surface area contributed by atoms with Crippen LogP contribution in [-0.4, -0.2) is 37.5 Å². The SMILES string of the molecule is Cc1nn(C(C)(C)C)c2nc(C3CC3)cc(C(=O)N(C)Cc3ccccc3[N+](=O)[O-])c12. The second kappa shape index (κ2) is 7.44. The number of fused-ring (bicyclic) bond motifs is 1. The number of nitro benzene ring substituents is 1. The van der Waals surface area contributed by atoms with Gasteiger partial charge in [0.2, 0.25) is 0 Å². The highest BCUT2D eigenvalue weighted by Crippen LogP contribution is 2.41. The van der Waals surface area contributed by atoms with E-state index in [1.54, 1.807) is 25.2 Å². The fourth-order valence-electron chi connectivity index (χ4n) is 3.89. The molecule has 1 aliphatic rings. The second-order valence-electron chi connectivity index (χ2n) is 9.28. The van der Waals surface area contributed by atoms with Crippen LogP contribution in [0.2, 0.25) is 0 Å². The fraction of sp³-hybridized carbons (Fsp3) is 0.435. The monoisotopic (exact) mass is 421 g/mol. The van der Waals surface area contributed by atoms with Crippen LogP contribution >= 0.6 is 0 Å². The molecule has 31 heavy (non-hydrogen) atoms. The molecule has 2 aromatic heterocycles. The molecule has 0 aliphatic heterocycles. The van der Waals surface area contributed by atoms with Gasteiger partial charge in [0.25, 0.3) is 11.6 Å². The molecule has 0 N–H and O–H groups in total. The molecule has 0 unspecified atom stereocenters. The minimum Gasteiger partial charge on any atom is -0.337 e. The van der Waals surface area contributed by atoms with Gasteiger partial charge in [-0.05, 0) is 46.6 Å². The molecular weight excluding hydrogens is 394 g/mol. The van der Waals surface area contributed by atoms with Crippen molar-refractivity contribution in [2.75, 3.05) is 7.05 Å². The summed E-state index contributed by atoms with van der Waals surface area (Å²) in [5, 5.41) is 16.8. The lowest BCUT2D eigenvalue weighted by atomic mass is 10.1. The van der Waals surface area contributed by atoms with Gasteiger partial charge in [0.15, 0.2) is 5.65 Å². The number of pyridine rings is 1. The minimum atomic E-state index is -0.416. The zero-order chi connectivity index (χ0) is 22.5. The molecule has 4 rings (SSSR count). The summed E-state index contributed by atoms with van der Waals surface area (Å²) in [7, 11) is 1.67. The number of aryl methyl sites for hydroxylation is 1. The summed E-state index contributed by atoms with van der Waals surface area (Å²) in [6, 6.07) is 8.40. The average molecular weight is 422 g/mol. The molecule has 162 valence electrons. The van der Waals surface area contributed by atoms with Gasteiger partial charge in [0.1, 0.15) is 0 Å². The first-order chi connectivity index (χ1) is 14.6. The van der Waals surface area contributed by atoms with E-state index in [9.17, 15) is 14.9 Å². The van der Waals surface area contributed by atoms with Crippen LogP contribution in [0, 0.1) is 17.0 Å². The Morgan fingerprint density at radius 2 is 1.97 bits per heavy atom. The van der Waals surface area contributed by atoms with Crippen LogP contribution in [0.1, 0.15) is 66.8 Å². The van der Waals surface area contributed by atoms with Gasteiger partial charge in [-0.1, -0.05) is 18.2 Å². The van der Waals surface area contributed by atoms with Crippen molar-refractivity contribution in [1.29, 1.82) is 0 Å². The normalized spacial score (nSPS) is 14.1. The first kappa shape index (κ1) is 21.0. The summed E-state index contributed by atoms with van der Waals surface area (Å²) in [6.07, 6.45) is 2.14. The number of para-hydroxylation sites is 1. The van der Waals surface area contributed by atoms with Gasteiger partial charge in [-0.25, -0.2) is 9.67 Å². The van der Waals surface area contributed by atoms with Crippen molar-refractivity contribution in [3.8, 4) is 0 Å². The van der Waals surface area contributed by atoms with Gasteiger partial charge >= 0.3 is 0 Å². The summed E-state index contributed by atoms with van der Waals surface area (Å²) < 4.78 is 1.89. The van der Waals surface area contributed by atoms with E-state index < -0.39 is 4.92 Å². The van der Waals surface area contributed by atoms with Crippen LogP contribution in [0.3, 0.4) is 0 Å². The molecule has 8 heteroatoms. The van der Waals surface area contributed by atoms with E-state index in [-0.39, 0.29) is 23.7 Å². The molecule has 8 nitrogen and oxygen atoms in total. The van der Waals surface area contributed by atoms with E-state index in [1.165, 1.54) is 11.0 Å². The third-order valence-corrected chi connectivity index (χ3v) is 5.64. The molecule has 1 aromatic carbocycles. The van der Waals surface area contributed by atoms with Crippen LogP contribution in [0.25, 0.3) is 11.0 Å². The van der Waals surface area contributed by atoms with Gasteiger partial charge in [-0.2, -0.15) is 5.10 Å². The number of hydrogen-bond acceptors (Lipinski definition) is 5. The molecule has 0 atom stereocenters. The first-order valence-corrected chi connectivity index (χ1v) is 10.5. The summed E-state index contributed by atoms with van der Waals surface area (Å²) >= 11 is 0. The molecule has 0 saturated heterocycles. The number of carbonyl (C=O) groups is 1. The third-order valence-electron chi connectivity index (χ3n) is 5.64. The van der Waals surface area contributed by atoms with E-state index in [1.807, 2.05) is 17.7 Å². The maximum Gasteiger partial charge on any atom is 0.274 e. The number of hydrogen-bond donors (Lipinski definition) is 0. The van der Waals surface area contributed by atoms with Crippen molar-refractivity contribution >= 4 is 22.6 Å².